The SMILES string of the molecule is C.C.C.C.CC(=O)Nc1ccc(S(=O)(=O)Cl)cc1.CN.CN.CNS(=O)(=O)c1ccc(N)cc1.CNS(=O)(=O)c1ccc([N+](=O)[O-])cc1.O=[N+]([O-])c1ccc(S(=O)(=O)Cl)cc1. The van der Waals surface area contributed by atoms with Gasteiger partial charge >= 0.3 is 0 Å². The van der Waals surface area contributed by atoms with Crippen molar-refractivity contribution in [1.29, 1.82) is 0 Å². The van der Waals surface area contributed by atoms with Gasteiger partial charge in [-0.2, -0.15) is 0 Å². The van der Waals surface area contributed by atoms with Crippen molar-refractivity contribution in [3.05, 3.63) is 117 Å². The van der Waals surface area contributed by atoms with Crippen LogP contribution in [0.2, 0.25) is 0 Å². The van der Waals surface area contributed by atoms with Crippen LogP contribution in [0.5, 0.6) is 0 Å². The van der Waals surface area contributed by atoms with E-state index >= 15 is 0 Å². The highest BCUT2D eigenvalue weighted by molar-refractivity contribution is 8.14. The first-order valence-corrected chi connectivity index (χ1v) is 22.6. The van der Waals surface area contributed by atoms with Crippen molar-refractivity contribution in [3.8, 4) is 0 Å². The molecule has 0 aromatic heterocycles. The average molecular weight is 984 g/mol. The molecule has 4 aromatic rings. The molecule has 61 heavy (non-hydrogen) atoms. The molecule has 4 aromatic carbocycles. The van der Waals surface area contributed by atoms with E-state index in [9.17, 15) is 58.7 Å². The number of hydrogen-bond donors (Lipinski definition) is 6. The van der Waals surface area contributed by atoms with Crippen molar-refractivity contribution in [1.82, 2.24) is 9.44 Å². The van der Waals surface area contributed by atoms with Gasteiger partial charge in [0.2, 0.25) is 26.0 Å². The summed E-state index contributed by atoms with van der Waals surface area (Å²) >= 11 is 0. The molecule has 348 valence electrons. The lowest BCUT2D eigenvalue weighted by Gasteiger charge is -2.01. The van der Waals surface area contributed by atoms with Crippen molar-refractivity contribution < 1.29 is 48.3 Å². The lowest BCUT2D eigenvalue weighted by molar-refractivity contribution is -0.385. The molecule has 0 aliphatic rings. The fraction of sp³-hybridized carbons (Fsp3) is 0.265. The third-order valence-electron chi connectivity index (χ3n) is 5.87. The van der Waals surface area contributed by atoms with Crippen molar-refractivity contribution >= 4 is 88.2 Å². The number of hydrogen-bond acceptors (Lipinski definition) is 16. The van der Waals surface area contributed by atoms with Gasteiger partial charge in [0.25, 0.3) is 29.5 Å². The van der Waals surface area contributed by atoms with Crippen molar-refractivity contribution in [2.75, 3.05) is 39.2 Å². The van der Waals surface area contributed by atoms with E-state index in [1.807, 2.05) is 0 Å². The zero-order valence-corrected chi connectivity index (χ0v) is 35.3. The monoisotopic (exact) mass is 982 g/mol. The molecule has 0 unspecified atom stereocenters. The maximum absolute atomic E-state index is 11.2. The Kier molecular flexibility index (Phi) is 35.6. The number of anilines is 2. The van der Waals surface area contributed by atoms with Gasteiger partial charge in [-0.15, -0.1) is 0 Å². The Morgan fingerprint density at radius 2 is 0.770 bits per heavy atom. The van der Waals surface area contributed by atoms with Crippen LogP contribution in [-0.2, 0) is 42.9 Å². The molecule has 0 aliphatic carbocycles. The molecule has 0 saturated carbocycles. The van der Waals surface area contributed by atoms with Crippen molar-refractivity contribution in [2.24, 2.45) is 11.5 Å². The third kappa shape index (κ3) is 26.2. The zero-order valence-electron chi connectivity index (χ0n) is 30.6. The van der Waals surface area contributed by atoms with Gasteiger partial charge in [0.15, 0.2) is 0 Å². The van der Waals surface area contributed by atoms with Crippen LogP contribution in [0.15, 0.2) is 117 Å². The summed E-state index contributed by atoms with van der Waals surface area (Å²) < 4.78 is 92.1. The fourth-order valence-electron chi connectivity index (χ4n) is 3.26. The number of nitro groups is 2. The Labute approximate surface area is 368 Å². The number of carbonyl (C=O) groups is 1. The smallest absolute Gasteiger partial charge is 0.269 e. The molecule has 0 saturated heterocycles. The summed E-state index contributed by atoms with van der Waals surface area (Å²) in [6, 6.07) is 20.6. The van der Waals surface area contributed by atoms with Crippen molar-refractivity contribution in [3.63, 3.8) is 0 Å². The Bertz CT molecular complexity index is 2340. The fourth-order valence-corrected chi connectivity index (χ4v) is 6.26. The van der Waals surface area contributed by atoms with E-state index in [1.165, 1.54) is 83.6 Å². The molecule has 21 nitrogen and oxygen atoms in total. The summed E-state index contributed by atoms with van der Waals surface area (Å²) in [6.45, 7) is 1.37. The molecule has 0 fully saturated rings. The van der Waals surface area contributed by atoms with Crippen molar-refractivity contribution in [2.45, 2.75) is 56.2 Å². The van der Waals surface area contributed by atoms with E-state index < -0.39 is 48.0 Å². The maximum Gasteiger partial charge on any atom is 0.269 e. The molecule has 0 spiro atoms. The van der Waals surface area contributed by atoms with Gasteiger partial charge < -0.3 is 22.5 Å². The molecule has 9 N–H and O–H groups in total. The molecule has 0 radical (unpaired) electrons. The highest BCUT2D eigenvalue weighted by Crippen LogP contribution is 2.19. The van der Waals surface area contributed by atoms with Crippen LogP contribution in [0.25, 0.3) is 0 Å². The van der Waals surface area contributed by atoms with Crippen LogP contribution in [0.4, 0.5) is 22.7 Å². The minimum Gasteiger partial charge on any atom is -0.399 e. The van der Waals surface area contributed by atoms with E-state index in [1.54, 1.807) is 12.1 Å². The number of nitrogen functional groups attached to an aromatic ring is 1. The quantitative estimate of drug-likeness (QED) is 0.0524. The summed E-state index contributed by atoms with van der Waals surface area (Å²) in [7, 11) is 1.42. The van der Waals surface area contributed by atoms with Crippen LogP contribution in [0, 0.1) is 20.2 Å². The van der Waals surface area contributed by atoms with E-state index in [2.05, 4.69) is 26.2 Å². The van der Waals surface area contributed by atoms with E-state index in [0.717, 1.165) is 36.4 Å². The highest BCUT2D eigenvalue weighted by Gasteiger charge is 2.14. The maximum atomic E-state index is 11.2. The van der Waals surface area contributed by atoms with Gasteiger partial charge in [-0.3, -0.25) is 25.0 Å². The van der Waals surface area contributed by atoms with E-state index in [-0.39, 0.29) is 66.6 Å². The van der Waals surface area contributed by atoms with E-state index in [0.29, 0.717) is 11.4 Å². The van der Waals surface area contributed by atoms with Crippen LogP contribution in [0.3, 0.4) is 0 Å². The standard InChI is InChI=1S/C8H8ClNO3S.C7H8N2O4S.C7H10N2O2S.C6H4ClNO4S.2CH5N.4CH4/c1-6(11)10-7-2-4-8(5-3-7)14(9,12)13;1-8-14(12,13)7-4-2-6(3-5-7)9(10)11;1-9-12(10,11)7-4-2-6(8)3-5-7;7-13(11,12)6-3-1-5(2-4-6)8(9)10;2*1-2;;;;/h2-5H,1H3,(H,10,11);2-5,8H,1H3;2-5,9H,8H2,1H3;1-4H;2*2H2,1H3;4*1H4. The minimum atomic E-state index is -3.80. The predicted molar refractivity (Wildman–Crippen MR) is 244 cm³/mol. The van der Waals surface area contributed by atoms with Crippen LogP contribution >= 0.6 is 21.4 Å². The first kappa shape index (κ1) is 67.9. The Hall–Kier alpha value is -4.83. The Morgan fingerprint density at radius 1 is 0.525 bits per heavy atom. The molecule has 0 atom stereocenters. The second-order valence-electron chi connectivity index (χ2n) is 9.57. The number of nitro benzene ring substituents is 2. The lowest BCUT2D eigenvalue weighted by atomic mass is 10.3. The first-order chi connectivity index (χ1) is 26.3. The topological polar surface area (TPSA) is 354 Å². The van der Waals surface area contributed by atoms with Gasteiger partial charge in [0.05, 0.1) is 29.4 Å². The molecule has 4 rings (SSSR count). The number of nitrogens with two attached hydrogens (primary N) is 3. The minimum absolute atomic E-state index is 0. The van der Waals surface area contributed by atoms with Crippen LogP contribution in [0.1, 0.15) is 36.6 Å². The summed E-state index contributed by atoms with van der Waals surface area (Å²) in [5, 5.41) is 23.0. The number of amides is 1. The second-order valence-corrected chi connectivity index (χ2v) is 18.5. The number of sulfonamides is 2. The average Bonchev–Trinajstić information content (AvgIpc) is 3.16. The second kappa shape index (κ2) is 32.0. The third-order valence-corrected chi connectivity index (χ3v) is 11.5. The first-order valence-electron chi connectivity index (χ1n) is 15.0. The molecule has 0 aliphatic heterocycles. The highest BCUT2D eigenvalue weighted by atomic mass is 35.7. The molecule has 0 heterocycles. The number of carbonyl (C=O) groups excluding carboxylic acids is 1. The van der Waals surface area contributed by atoms with Gasteiger partial charge in [-0.1, -0.05) is 29.7 Å². The van der Waals surface area contributed by atoms with Gasteiger partial charge in [0, 0.05) is 63.9 Å². The van der Waals surface area contributed by atoms with E-state index in [4.69, 9.17) is 27.1 Å². The van der Waals surface area contributed by atoms with Gasteiger partial charge in [-0.25, -0.2) is 43.1 Å². The molecular weight excluding hydrogens is 928 g/mol. The number of non-ortho nitro benzene ring substituents is 2. The number of benzene rings is 4. The van der Waals surface area contributed by atoms with Gasteiger partial charge in [0.1, 0.15) is 0 Å². The molecule has 27 heteroatoms. The van der Waals surface area contributed by atoms with Gasteiger partial charge in [-0.05, 0) is 101 Å². The Balaban J connectivity index is -0.000000157. The largest absolute Gasteiger partial charge is 0.399 e. The predicted octanol–water partition coefficient (Wildman–Crippen LogP) is 5.47. The molecule has 0 bridgehead atoms. The zero-order chi connectivity index (χ0) is 44.8. The Morgan fingerprint density at radius 3 is 1.00 bits per heavy atom. The summed E-state index contributed by atoms with van der Waals surface area (Å²) in [6.07, 6.45) is 0. The van der Waals surface area contributed by atoms with Crippen LogP contribution in [-0.4, -0.2) is 77.6 Å². The number of nitrogens with one attached hydrogen (secondary N) is 3. The lowest BCUT2D eigenvalue weighted by Crippen LogP contribution is -2.18. The van der Waals surface area contributed by atoms with Crippen LogP contribution < -0.4 is 32.0 Å². The molecule has 1 amide bonds. The normalized spacial score (nSPS) is 9.92. The summed E-state index contributed by atoms with van der Waals surface area (Å²) in [5.74, 6) is -0.216. The summed E-state index contributed by atoms with van der Waals surface area (Å²) in [4.78, 5) is 30.0. The number of rotatable bonds is 9. The summed E-state index contributed by atoms with van der Waals surface area (Å²) in [5.41, 5.74) is 15.2. The number of halogens is 2. The molecular formula is C34H56Cl2N8O13S4. The number of nitrogens with zero attached hydrogens (tertiary/aromatic N) is 2.